The van der Waals surface area contributed by atoms with Crippen molar-refractivity contribution in [2.45, 2.75) is 38.5 Å². The van der Waals surface area contributed by atoms with E-state index in [0.29, 0.717) is 34.6 Å². The van der Waals surface area contributed by atoms with Gasteiger partial charge in [0.2, 0.25) is 5.91 Å². The Morgan fingerprint density at radius 1 is 0.929 bits per heavy atom. The van der Waals surface area contributed by atoms with Gasteiger partial charge in [-0.25, -0.2) is 14.4 Å². The molecule has 3 aliphatic rings. The van der Waals surface area contributed by atoms with Crippen molar-refractivity contribution in [2.24, 2.45) is 17.8 Å². The van der Waals surface area contributed by atoms with Crippen molar-refractivity contribution in [3.05, 3.63) is 30.3 Å². The highest BCUT2D eigenvalue weighted by atomic mass is 19.1. The van der Waals surface area contributed by atoms with Gasteiger partial charge in [0.1, 0.15) is 18.0 Å². The van der Waals surface area contributed by atoms with Crippen LogP contribution in [-0.4, -0.2) is 47.0 Å². The van der Waals surface area contributed by atoms with Crippen LogP contribution < -0.4 is 4.90 Å². The Labute approximate surface area is 164 Å². The first-order valence-electron chi connectivity index (χ1n) is 10.6. The van der Waals surface area contributed by atoms with Crippen molar-refractivity contribution < 1.29 is 9.18 Å². The molecule has 0 spiro atoms. The number of halogens is 1. The molecular formula is C22H27FN4O. The topological polar surface area (TPSA) is 49.3 Å². The minimum absolute atomic E-state index is 0.247. The van der Waals surface area contributed by atoms with E-state index in [1.54, 1.807) is 6.07 Å². The number of anilines is 1. The second-order valence-electron chi connectivity index (χ2n) is 8.59. The molecule has 28 heavy (non-hydrogen) atoms. The predicted octanol–water partition coefficient (Wildman–Crippen LogP) is 3.63. The molecule has 2 aromatic rings. The van der Waals surface area contributed by atoms with Crippen LogP contribution in [0.1, 0.15) is 38.5 Å². The molecule has 0 unspecified atom stereocenters. The van der Waals surface area contributed by atoms with Crippen LogP contribution in [0.5, 0.6) is 0 Å². The van der Waals surface area contributed by atoms with Gasteiger partial charge in [-0.15, -0.1) is 0 Å². The molecule has 5 rings (SSSR count). The van der Waals surface area contributed by atoms with Gasteiger partial charge in [-0.1, -0.05) is 6.07 Å². The zero-order chi connectivity index (χ0) is 19.1. The normalized spacial score (nSPS) is 22.0. The zero-order valence-corrected chi connectivity index (χ0v) is 16.2. The fourth-order valence-corrected chi connectivity index (χ4v) is 5.05. The zero-order valence-electron chi connectivity index (χ0n) is 16.2. The van der Waals surface area contributed by atoms with Crippen LogP contribution in [0.4, 0.5) is 10.2 Å². The van der Waals surface area contributed by atoms with Crippen molar-refractivity contribution in [1.29, 1.82) is 0 Å². The molecule has 3 heterocycles. The summed E-state index contributed by atoms with van der Waals surface area (Å²) in [7, 11) is 0. The second kappa shape index (κ2) is 7.30. The number of aromatic nitrogens is 2. The molecule has 1 aromatic heterocycles. The second-order valence-corrected chi connectivity index (χ2v) is 8.59. The summed E-state index contributed by atoms with van der Waals surface area (Å²) >= 11 is 0. The maximum atomic E-state index is 14.4. The lowest BCUT2D eigenvalue weighted by Gasteiger charge is -2.40. The fourth-order valence-electron chi connectivity index (χ4n) is 5.05. The smallest absolute Gasteiger partial charge is 0.225 e. The van der Waals surface area contributed by atoms with Crippen LogP contribution in [0.3, 0.4) is 0 Å². The fraction of sp³-hybridized carbons (Fsp3) is 0.591. The van der Waals surface area contributed by atoms with Crippen LogP contribution in [0.25, 0.3) is 10.9 Å². The first-order valence-corrected chi connectivity index (χ1v) is 10.6. The summed E-state index contributed by atoms with van der Waals surface area (Å²) in [4.78, 5) is 25.2. The number of carbonyl (C=O) groups excluding carboxylic acids is 1. The van der Waals surface area contributed by atoms with Crippen LogP contribution >= 0.6 is 0 Å². The van der Waals surface area contributed by atoms with E-state index in [1.807, 2.05) is 6.07 Å². The summed E-state index contributed by atoms with van der Waals surface area (Å²) < 4.78 is 14.4. The lowest BCUT2D eigenvalue weighted by molar-refractivity contribution is -0.134. The van der Waals surface area contributed by atoms with E-state index in [9.17, 15) is 9.18 Å². The van der Waals surface area contributed by atoms with Crippen LogP contribution in [0.15, 0.2) is 24.5 Å². The van der Waals surface area contributed by atoms with Gasteiger partial charge in [0, 0.05) is 32.1 Å². The van der Waals surface area contributed by atoms with Crippen molar-refractivity contribution in [1.82, 2.24) is 14.9 Å². The molecule has 0 radical (unpaired) electrons. The van der Waals surface area contributed by atoms with E-state index in [1.165, 1.54) is 12.4 Å². The Kier molecular flexibility index (Phi) is 4.65. The third-order valence-corrected chi connectivity index (χ3v) is 6.88. The highest BCUT2D eigenvalue weighted by molar-refractivity contribution is 5.89. The van der Waals surface area contributed by atoms with Gasteiger partial charge in [0.15, 0.2) is 0 Å². The summed E-state index contributed by atoms with van der Waals surface area (Å²) in [6.45, 7) is 3.68. The van der Waals surface area contributed by atoms with E-state index in [2.05, 4.69) is 19.8 Å². The Bertz CT molecular complexity index is 863. The number of nitrogens with zero attached hydrogens (tertiary/aromatic N) is 4. The molecule has 2 aliphatic heterocycles. The van der Waals surface area contributed by atoms with Crippen LogP contribution in [0.2, 0.25) is 0 Å². The maximum Gasteiger partial charge on any atom is 0.225 e. The molecule has 1 aliphatic carbocycles. The molecule has 3 fully saturated rings. The molecule has 1 saturated carbocycles. The number of hydrogen-bond acceptors (Lipinski definition) is 4. The van der Waals surface area contributed by atoms with Gasteiger partial charge < -0.3 is 9.80 Å². The predicted molar refractivity (Wildman–Crippen MR) is 106 cm³/mol. The minimum Gasteiger partial charge on any atom is -0.356 e. The molecule has 148 valence electrons. The van der Waals surface area contributed by atoms with Crippen molar-refractivity contribution in [2.75, 3.05) is 31.1 Å². The number of piperidine rings is 2. The number of carbonyl (C=O) groups is 1. The number of likely N-dealkylation sites (tertiary alicyclic amines) is 1. The van der Waals surface area contributed by atoms with E-state index in [0.717, 1.165) is 70.5 Å². The average Bonchev–Trinajstić information content (AvgIpc) is 3.59. The van der Waals surface area contributed by atoms with Gasteiger partial charge in [-0.2, -0.15) is 0 Å². The van der Waals surface area contributed by atoms with Gasteiger partial charge in [0.05, 0.1) is 10.9 Å². The Balaban J connectivity index is 1.21. The van der Waals surface area contributed by atoms with Gasteiger partial charge in [-0.3, -0.25) is 4.79 Å². The van der Waals surface area contributed by atoms with Gasteiger partial charge in [0.25, 0.3) is 0 Å². The summed E-state index contributed by atoms with van der Waals surface area (Å²) in [6, 6.07) is 5.02. The maximum absolute atomic E-state index is 14.4. The molecule has 1 amide bonds. The van der Waals surface area contributed by atoms with Crippen LogP contribution in [0, 0.1) is 23.6 Å². The SMILES string of the molecule is O=C(C1CC1)N1CCC(C2CCN(c3ncnc4cccc(F)c34)CC2)CC1. The summed E-state index contributed by atoms with van der Waals surface area (Å²) in [5.74, 6) is 2.62. The van der Waals surface area contributed by atoms with Crippen molar-refractivity contribution in [3.63, 3.8) is 0 Å². The highest BCUT2D eigenvalue weighted by Gasteiger charge is 2.36. The van der Waals surface area contributed by atoms with Gasteiger partial charge >= 0.3 is 0 Å². The Morgan fingerprint density at radius 2 is 1.61 bits per heavy atom. The standard InChI is InChI=1S/C22H27FN4O/c23-18-2-1-3-19-20(18)21(25-14-24-19)26-10-6-15(7-11-26)16-8-12-27(13-9-16)22(28)17-4-5-17/h1-3,14-17H,4-13H2. The number of amides is 1. The first-order chi connectivity index (χ1) is 13.7. The van der Waals surface area contributed by atoms with E-state index in [-0.39, 0.29) is 5.82 Å². The summed E-state index contributed by atoms with van der Waals surface area (Å²) in [6.07, 6.45) is 8.21. The molecule has 6 heteroatoms. The molecular weight excluding hydrogens is 355 g/mol. The summed E-state index contributed by atoms with van der Waals surface area (Å²) in [5.41, 5.74) is 0.667. The number of fused-ring (bicyclic) bond motifs is 1. The van der Waals surface area contributed by atoms with Crippen molar-refractivity contribution in [3.8, 4) is 0 Å². The first kappa shape index (κ1) is 17.8. The van der Waals surface area contributed by atoms with Crippen molar-refractivity contribution >= 4 is 22.6 Å². The number of rotatable bonds is 3. The quantitative estimate of drug-likeness (QED) is 0.813. The molecule has 2 saturated heterocycles. The number of hydrogen-bond donors (Lipinski definition) is 0. The third-order valence-electron chi connectivity index (χ3n) is 6.88. The van der Waals surface area contributed by atoms with E-state index in [4.69, 9.17) is 0 Å². The molecule has 1 aromatic carbocycles. The van der Waals surface area contributed by atoms with E-state index < -0.39 is 0 Å². The minimum atomic E-state index is -0.247. The Morgan fingerprint density at radius 3 is 2.29 bits per heavy atom. The monoisotopic (exact) mass is 382 g/mol. The summed E-state index contributed by atoms with van der Waals surface area (Å²) in [5, 5.41) is 0.537. The lowest BCUT2D eigenvalue weighted by Crippen LogP contribution is -2.43. The lowest BCUT2D eigenvalue weighted by atomic mass is 9.78. The highest BCUT2D eigenvalue weighted by Crippen LogP contribution is 2.37. The van der Waals surface area contributed by atoms with E-state index >= 15 is 0 Å². The molecule has 5 nitrogen and oxygen atoms in total. The molecule has 0 N–H and O–H groups in total. The molecule has 0 atom stereocenters. The van der Waals surface area contributed by atoms with Crippen LogP contribution in [-0.2, 0) is 4.79 Å². The Hall–Kier alpha value is -2.24. The largest absolute Gasteiger partial charge is 0.356 e. The van der Waals surface area contributed by atoms with Gasteiger partial charge in [-0.05, 0) is 62.5 Å². The average molecular weight is 382 g/mol. The molecule has 0 bridgehead atoms. The third kappa shape index (κ3) is 3.33. The number of benzene rings is 1.